The van der Waals surface area contributed by atoms with E-state index in [1.54, 1.807) is 0 Å². The van der Waals surface area contributed by atoms with E-state index in [1.807, 2.05) is 32.0 Å². The van der Waals surface area contributed by atoms with Crippen LogP contribution in [0.1, 0.15) is 27.9 Å². The molecule has 1 fully saturated rings. The van der Waals surface area contributed by atoms with E-state index in [-0.39, 0.29) is 24.4 Å². The number of nitrogens with zero attached hydrogens (tertiary/aromatic N) is 1. The lowest BCUT2D eigenvalue weighted by Gasteiger charge is -2.24. The molecule has 1 saturated heterocycles. The number of aliphatic hydroxyl groups is 1. The van der Waals surface area contributed by atoms with Crippen LogP contribution in [0.5, 0.6) is 0 Å². The van der Waals surface area contributed by atoms with Crippen LogP contribution in [-0.4, -0.2) is 40.5 Å². The smallest absolute Gasteiger partial charge is 0.254 e. The standard InChI is InChI=1S/C20H20Cl2N2O3/c1-11-3-12(2)5-16(4-11)23-19(26)18-9-17(25)10-24(18)20(27)13-6-14(21)8-15(22)7-13/h3-8,17-18,25H,9-10H2,1-2H3,(H,23,26)/t17-,18+/m1/s1. The maximum absolute atomic E-state index is 12.9. The number of carbonyl (C=O) groups excluding carboxylic acids is 2. The van der Waals surface area contributed by atoms with Crippen LogP contribution < -0.4 is 5.32 Å². The fraction of sp³-hybridized carbons (Fsp3) is 0.300. The molecule has 0 spiro atoms. The summed E-state index contributed by atoms with van der Waals surface area (Å²) < 4.78 is 0. The first kappa shape index (κ1) is 19.7. The summed E-state index contributed by atoms with van der Waals surface area (Å²) in [5.41, 5.74) is 3.00. The fourth-order valence-corrected chi connectivity index (χ4v) is 3.93. The first-order valence-corrected chi connectivity index (χ1v) is 9.33. The summed E-state index contributed by atoms with van der Waals surface area (Å²) >= 11 is 12.0. The number of carbonyl (C=O) groups is 2. The zero-order valence-electron chi connectivity index (χ0n) is 15.0. The molecule has 2 atom stereocenters. The van der Waals surface area contributed by atoms with Crippen LogP contribution in [0.4, 0.5) is 5.69 Å². The Kier molecular flexibility index (Phi) is 5.75. The van der Waals surface area contributed by atoms with Crippen molar-refractivity contribution in [3.63, 3.8) is 0 Å². The molecule has 142 valence electrons. The van der Waals surface area contributed by atoms with Crippen LogP contribution in [-0.2, 0) is 4.79 Å². The van der Waals surface area contributed by atoms with Gasteiger partial charge in [0.05, 0.1) is 6.10 Å². The minimum Gasteiger partial charge on any atom is -0.391 e. The van der Waals surface area contributed by atoms with Crippen molar-refractivity contribution in [2.24, 2.45) is 0 Å². The molecule has 2 aromatic rings. The Hall–Kier alpha value is -2.08. The lowest BCUT2D eigenvalue weighted by molar-refractivity contribution is -0.119. The average molecular weight is 407 g/mol. The predicted molar refractivity (Wildman–Crippen MR) is 106 cm³/mol. The number of aliphatic hydroxyl groups excluding tert-OH is 1. The first-order chi connectivity index (χ1) is 12.7. The number of amides is 2. The second kappa shape index (κ2) is 7.89. The van der Waals surface area contributed by atoms with Crippen molar-refractivity contribution in [2.75, 3.05) is 11.9 Å². The van der Waals surface area contributed by atoms with Gasteiger partial charge in [0.15, 0.2) is 0 Å². The summed E-state index contributed by atoms with van der Waals surface area (Å²) in [4.78, 5) is 27.1. The lowest BCUT2D eigenvalue weighted by atomic mass is 10.1. The Bertz CT molecular complexity index is 860. The third-order valence-electron chi connectivity index (χ3n) is 4.44. The molecular formula is C20H20Cl2N2O3. The molecule has 0 unspecified atom stereocenters. The molecule has 0 aliphatic carbocycles. The highest BCUT2D eigenvalue weighted by atomic mass is 35.5. The number of halogens is 2. The maximum atomic E-state index is 12.9. The normalized spacial score (nSPS) is 19.2. The number of β-amino-alcohol motifs (C(OH)–C–C–N with tert-alkyl or cyclic N) is 1. The largest absolute Gasteiger partial charge is 0.391 e. The number of anilines is 1. The molecule has 5 nitrogen and oxygen atoms in total. The highest BCUT2D eigenvalue weighted by molar-refractivity contribution is 6.35. The van der Waals surface area contributed by atoms with Gasteiger partial charge in [-0.2, -0.15) is 0 Å². The molecule has 27 heavy (non-hydrogen) atoms. The third-order valence-corrected chi connectivity index (χ3v) is 4.88. The van der Waals surface area contributed by atoms with Crippen LogP contribution in [0.25, 0.3) is 0 Å². The third kappa shape index (κ3) is 4.61. The number of nitrogens with one attached hydrogen (secondary N) is 1. The predicted octanol–water partition coefficient (Wildman–Crippen LogP) is 3.82. The van der Waals surface area contributed by atoms with Gasteiger partial charge >= 0.3 is 0 Å². The van der Waals surface area contributed by atoms with Crippen LogP contribution >= 0.6 is 23.2 Å². The molecule has 1 aliphatic rings. The van der Waals surface area contributed by atoms with Crippen molar-refractivity contribution in [1.82, 2.24) is 4.90 Å². The summed E-state index contributed by atoms with van der Waals surface area (Å²) in [5, 5.41) is 13.6. The molecule has 2 amide bonds. The van der Waals surface area contributed by atoms with E-state index in [0.717, 1.165) is 11.1 Å². The van der Waals surface area contributed by atoms with Crippen LogP contribution in [0.2, 0.25) is 10.0 Å². The Morgan fingerprint density at radius 1 is 1.04 bits per heavy atom. The van der Waals surface area contributed by atoms with Gasteiger partial charge in [-0.15, -0.1) is 0 Å². The van der Waals surface area contributed by atoms with Crippen LogP contribution in [0, 0.1) is 13.8 Å². The van der Waals surface area contributed by atoms with Gasteiger partial charge in [-0.1, -0.05) is 29.3 Å². The van der Waals surface area contributed by atoms with Gasteiger partial charge in [0.2, 0.25) is 5.91 Å². The Balaban J connectivity index is 1.82. The second-order valence-electron chi connectivity index (χ2n) is 6.89. The van der Waals surface area contributed by atoms with E-state index in [4.69, 9.17) is 23.2 Å². The van der Waals surface area contributed by atoms with Gasteiger partial charge < -0.3 is 15.3 Å². The number of hydrogen-bond acceptors (Lipinski definition) is 3. The van der Waals surface area contributed by atoms with Gasteiger partial charge in [0, 0.05) is 34.3 Å². The van der Waals surface area contributed by atoms with Gasteiger partial charge in [-0.3, -0.25) is 9.59 Å². The summed E-state index contributed by atoms with van der Waals surface area (Å²) in [6.07, 6.45) is -0.588. The van der Waals surface area contributed by atoms with Crippen LogP contribution in [0.15, 0.2) is 36.4 Å². The van der Waals surface area contributed by atoms with E-state index in [2.05, 4.69) is 5.32 Å². The zero-order chi connectivity index (χ0) is 19.7. The van der Waals surface area contributed by atoms with E-state index >= 15 is 0 Å². The highest BCUT2D eigenvalue weighted by Crippen LogP contribution is 2.26. The van der Waals surface area contributed by atoms with E-state index in [0.29, 0.717) is 15.7 Å². The molecule has 0 saturated carbocycles. The Labute approximate surface area is 167 Å². The number of hydrogen-bond donors (Lipinski definition) is 2. The lowest BCUT2D eigenvalue weighted by Crippen LogP contribution is -2.43. The average Bonchev–Trinajstić information content (AvgIpc) is 2.94. The molecule has 2 N–H and O–H groups in total. The van der Waals surface area contributed by atoms with Crippen molar-refractivity contribution in [1.29, 1.82) is 0 Å². The summed E-state index contributed by atoms with van der Waals surface area (Å²) in [6.45, 7) is 3.97. The van der Waals surface area contributed by atoms with Gasteiger partial charge in [0.25, 0.3) is 5.91 Å². The van der Waals surface area contributed by atoms with Gasteiger partial charge in [-0.25, -0.2) is 0 Å². The number of rotatable bonds is 3. The second-order valence-corrected chi connectivity index (χ2v) is 7.76. The fourth-order valence-electron chi connectivity index (χ4n) is 3.40. The quantitative estimate of drug-likeness (QED) is 0.813. The summed E-state index contributed by atoms with van der Waals surface area (Å²) in [5.74, 6) is -0.727. The molecule has 3 rings (SSSR count). The van der Waals surface area contributed by atoms with Crippen molar-refractivity contribution in [3.05, 3.63) is 63.1 Å². The molecule has 0 bridgehead atoms. The van der Waals surface area contributed by atoms with E-state index < -0.39 is 18.1 Å². The number of aryl methyl sites for hydroxylation is 2. The molecule has 1 heterocycles. The molecule has 0 aromatic heterocycles. The summed E-state index contributed by atoms with van der Waals surface area (Å²) in [6, 6.07) is 9.49. The Morgan fingerprint density at radius 3 is 2.22 bits per heavy atom. The zero-order valence-corrected chi connectivity index (χ0v) is 16.5. The Morgan fingerprint density at radius 2 is 1.63 bits per heavy atom. The van der Waals surface area contributed by atoms with E-state index in [1.165, 1.54) is 23.1 Å². The van der Waals surface area contributed by atoms with Crippen molar-refractivity contribution < 1.29 is 14.7 Å². The molecule has 0 radical (unpaired) electrons. The minimum absolute atomic E-state index is 0.0773. The monoisotopic (exact) mass is 406 g/mol. The first-order valence-electron chi connectivity index (χ1n) is 8.57. The molecule has 1 aliphatic heterocycles. The highest BCUT2D eigenvalue weighted by Gasteiger charge is 2.39. The van der Waals surface area contributed by atoms with Crippen molar-refractivity contribution in [2.45, 2.75) is 32.4 Å². The number of benzene rings is 2. The summed E-state index contributed by atoms with van der Waals surface area (Å²) in [7, 11) is 0. The maximum Gasteiger partial charge on any atom is 0.254 e. The molecular weight excluding hydrogens is 387 g/mol. The number of likely N-dealkylation sites (tertiary alicyclic amines) is 1. The van der Waals surface area contributed by atoms with Crippen molar-refractivity contribution in [3.8, 4) is 0 Å². The SMILES string of the molecule is Cc1cc(C)cc(NC(=O)[C@@H]2C[C@@H](O)CN2C(=O)c2cc(Cl)cc(Cl)c2)c1. The van der Waals surface area contributed by atoms with E-state index in [9.17, 15) is 14.7 Å². The van der Waals surface area contributed by atoms with Crippen molar-refractivity contribution >= 4 is 40.7 Å². The minimum atomic E-state index is -0.772. The van der Waals surface area contributed by atoms with Gasteiger partial charge in [-0.05, 0) is 55.3 Å². The van der Waals surface area contributed by atoms with Crippen LogP contribution in [0.3, 0.4) is 0 Å². The molecule has 2 aromatic carbocycles. The topological polar surface area (TPSA) is 69.6 Å². The molecule has 7 heteroatoms. The van der Waals surface area contributed by atoms with Gasteiger partial charge in [0.1, 0.15) is 6.04 Å².